The molecule has 1 N–H and O–H groups in total. The summed E-state index contributed by atoms with van der Waals surface area (Å²) in [5, 5.41) is 8.72. The van der Waals surface area contributed by atoms with Gasteiger partial charge >= 0.3 is 0 Å². The molecule has 21 heavy (non-hydrogen) atoms. The lowest BCUT2D eigenvalue weighted by molar-refractivity contribution is 0.601. The third-order valence-electron chi connectivity index (χ3n) is 2.75. The average molecular weight is 369 g/mol. The smallest absolute Gasteiger partial charge is 0.261 e. The van der Waals surface area contributed by atoms with Crippen LogP contribution in [-0.4, -0.2) is 8.42 Å². The third kappa shape index (κ3) is 3.40. The van der Waals surface area contributed by atoms with Gasteiger partial charge in [0, 0.05) is 10.5 Å². The maximum atomic E-state index is 13.6. The van der Waals surface area contributed by atoms with Gasteiger partial charge in [0.25, 0.3) is 10.0 Å². The van der Waals surface area contributed by atoms with Gasteiger partial charge in [0.2, 0.25) is 0 Å². The van der Waals surface area contributed by atoms with Gasteiger partial charge in [-0.1, -0.05) is 17.7 Å². The van der Waals surface area contributed by atoms with Gasteiger partial charge in [0.05, 0.1) is 16.1 Å². The Morgan fingerprint density at radius 1 is 1.24 bits per heavy atom. The summed E-state index contributed by atoms with van der Waals surface area (Å²) in [5.74, 6) is -0.790. The second-order valence-electron chi connectivity index (χ2n) is 4.34. The Morgan fingerprint density at radius 3 is 2.43 bits per heavy atom. The van der Waals surface area contributed by atoms with Crippen LogP contribution < -0.4 is 4.72 Å². The van der Waals surface area contributed by atoms with Crippen LogP contribution in [0.4, 0.5) is 10.1 Å². The molecular weight excluding hydrogens is 359 g/mol. The van der Waals surface area contributed by atoms with E-state index in [0.717, 1.165) is 11.6 Å². The van der Waals surface area contributed by atoms with E-state index in [0.29, 0.717) is 0 Å². The van der Waals surface area contributed by atoms with Crippen LogP contribution in [0.15, 0.2) is 45.8 Å². The van der Waals surface area contributed by atoms with E-state index in [-0.39, 0.29) is 20.6 Å². The van der Waals surface area contributed by atoms with E-state index in [4.69, 9.17) is 5.26 Å². The van der Waals surface area contributed by atoms with Gasteiger partial charge in [-0.3, -0.25) is 4.72 Å². The van der Waals surface area contributed by atoms with E-state index in [1.54, 1.807) is 18.2 Å². The summed E-state index contributed by atoms with van der Waals surface area (Å²) >= 11 is 3.11. The van der Waals surface area contributed by atoms with Crippen molar-refractivity contribution in [1.82, 2.24) is 0 Å². The molecule has 0 aliphatic rings. The molecule has 0 bridgehead atoms. The lowest BCUT2D eigenvalue weighted by Crippen LogP contribution is -2.13. The molecule has 0 amide bonds. The van der Waals surface area contributed by atoms with Gasteiger partial charge in [-0.25, -0.2) is 12.8 Å². The summed E-state index contributed by atoms with van der Waals surface area (Å²) < 4.78 is 40.6. The number of halogens is 2. The molecule has 0 saturated heterocycles. The van der Waals surface area contributed by atoms with Crippen molar-refractivity contribution in [1.29, 1.82) is 5.26 Å². The Morgan fingerprint density at radius 2 is 1.86 bits per heavy atom. The molecule has 0 spiro atoms. The predicted molar refractivity (Wildman–Crippen MR) is 80.8 cm³/mol. The Balaban J connectivity index is 2.40. The molecular formula is C14H10BrFN2O2S. The topological polar surface area (TPSA) is 70.0 Å². The predicted octanol–water partition coefficient (Wildman–Crippen LogP) is 3.57. The molecule has 2 aromatic rings. The molecule has 0 aliphatic heterocycles. The van der Waals surface area contributed by atoms with Crippen LogP contribution in [0.2, 0.25) is 0 Å². The van der Waals surface area contributed by atoms with Gasteiger partial charge in [0.1, 0.15) is 11.9 Å². The highest BCUT2D eigenvalue weighted by Crippen LogP contribution is 2.28. The molecule has 2 aromatic carbocycles. The molecule has 0 aliphatic carbocycles. The molecule has 4 nitrogen and oxygen atoms in total. The maximum Gasteiger partial charge on any atom is 0.261 e. The summed E-state index contributed by atoms with van der Waals surface area (Å²) in [5.41, 5.74) is 0.798. The molecule has 2 rings (SSSR count). The summed E-state index contributed by atoms with van der Waals surface area (Å²) in [7, 11) is -3.82. The van der Waals surface area contributed by atoms with Crippen LogP contribution in [0.5, 0.6) is 0 Å². The molecule has 0 atom stereocenters. The Bertz CT molecular complexity index is 827. The summed E-state index contributed by atoms with van der Waals surface area (Å²) in [6, 6.07) is 10.1. The minimum absolute atomic E-state index is 0.0343. The second kappa shape index (κ2) is 5.84. The van der Waals surface area contributed by atoms with Crippen molar-refractivity contribution in [3.63, 3.8) is 0 Å². The number of hydrogen-bond donors (Lipinski definition) is 1. The standard InChI is InChI=1S/C14H10BrFN2O2S/c1-9-2-4-11(5-3-9)21(19,20)18-14-7-13(16)10(8-17)6-12(14)15/h2-7,18H,1H3. The zero-order chi connectivity index (χ0) is 15.6. The first-order valence-corrected chi connectivity index (χ1v) is 8.10. The lowest BCUT2D eigenvalue weighted by atomic mass is 10.2. The number of nitrogens with one attached hydrogen (secondary N) is 1. The van der Waals surface area contributed by atoms with Crippen LogP contribution in [0.25, 0.3) is 0 Å². The molecule has 7 heteroatoms. The number of nitriles is 1. The lowest BCUT2D eigenvalue weighted by Gasteiger charge is -2.10. The highest BCUT2D eigenvalue weighted by atomic mass is 79.9. The van der Waals surface area contributed by atoms with Gasteiger partial charge in [-0.05, 0) is 41.1 Å². The highest BCUT2D eigenvalue weighted by molar-refractivity contribution is 9.10. The van der Waals surface area contributed by atoms with Crippen molar-refractivity contribution in [2.75, 3.05) is 4.72 Å². The highest BCUT2D eigenvalue weighted by Gasteiger charge is 2.17. The normalized spacial score (nSPS) is 11.0. The molecule has 0 unspecified atom stereocenters. The largest absolute Gasteiger partial charge is 0.278 e. The molecule has 108 valence electrons. The van der Waals surface area contributed by atoms with Crippen molar-refractivity contribution in [3.8, 4) is 6.07 Å². The Kier molecular flexibility index (Phi) is 4.30. The SMILES string of the molecule is Cc1ccc(S(=O)(=O)Nc2cc(F)c(C#N)cc2Br)cc1. The monoisotopic (exact) mass is 368 g/mol. The number of nitrogens with zero attached hydrogens (tertiary/aromatic N) is 1. The van der Waals surface area contributed by atoms with Gasteiger partial charge in [-0.15, -0.1) is 0 Å². The van der Waals surface area contributed by atoms with Crippen LogP contribution in [0.3, 0.4) is 0 Å². The van der Waals surface area contributed by atoms with Crippen LogP contribution in [0, 0.1) is 24.1 Å². The fourth-order valence-corrected chi connectivity index (χ4v) is 3.28. The Labute approximate surface area is 130 Å². The van der Waals surface area contributed by atoms with E-state index in [1.165, 1.54) is 18.2 Å². The minimum Gasteiger partial charge on any atom is -0.278 e. The molecule has 0 fully saturated rings. The second-order valence-corrected chi connectivity index (χ2v) is 6.88. The quantitative estimate of drug-likeness (QED) is 0.899. The number of anilines is 1. The summed E-state index contributed by atoms with van der Waals surface area (Å²) in [6.07, 6.45) is 0. The number of benzene rings is 2. The number of aryl methyl sites for hydroxylation is 1. The molecule has 0 heterocycles. The minimum atomic E-state index is -3.82. The van der Waals surface area contributed by atoms with Crippen molar-refractivity contribution < 1.29 is 12.8 Å². The van der Waals surface area contributed by atoms with Crippen molar-refractivity contribution in [3.05, 3.63) is 57.8 Å². The first-order valence-electron chi connectivity index (χ1n) is 5.82. The van der Waals surface area contributed by atoms with E-state index in [2.05, 4.69) is 20.7 Å². The average Bonchev–Trinajstić information content (AvgIpc) is 2.42. The van der Waals surface area contributed by atoms with E-state index in [1.807, 2.05) is 6.92 Å². The molecule has 0 aromatic heterocycles. The van der Waals surface area contributed by atoms with E-state index in [9.17, 15) is 12.8 Å². The van der Waals surface area contributed by atoms with Crippen molar-refractivity contribution in [2.45, 2.75) is 11.8 Å². The maximum absolute atomic E-state index is 13.6. The number of rotatable bonds is 3. The van der Waals surface area contributed by atoms with Crippen LogP contribution >= 0.6 is 15.9 Å². The first kappa shape index (κ1) is 15.5. The van der Waals surface area contributed by atoms with Gasteiger partial charge in [-0.2, -0.15) is 5.26 Å². The van der Waals surface area contributed by atoms with Crippen molar-refractivity contribution in [2.24, 2.45) is 0 Å². The number of hydrogen-bond acceptors (Lipinski definition) is 3. The summed E-state index contributed by atoms with van der Waals surface area (Å²) in [4.78, 5) is 0.0739. The first-order chi connectivity index (χ1) is 9.83. The zero-order valence-corrected chi connectivity index (χ0v) is 13.3. The van der Waals surface area contributed by atoms with E-state index < -0.39 is 15.8 Å². The van der Waals surface area contributed by atoms with Crippen LogP contribution in [0.1, 0.15) is 11.1 Å². The fraction of sp³-hybridized carbons (Fsp3) is 0.0714. The summed E-state index contributed by atoms with van der Waals surface area (Å²) in [6.45, 7) is 1.84. The Hall–Kier alpha value is -1.91. The fourth-order valence-electron chi connectivity index (χ4n) is 1.63. The zero-order valence-electron chi connectivity index (χ0n) is 10.9. The molecule has 0 saturated carbocycles. The van der Waals surface area contributed by atoms with Gasteiger partial charge < -0.3 is 0 Å². The van der Waals surface area contributed by atoms with Crippen LogP contribution in [-0.2, 0) is 10.0 Å². The van der Waals surface area contributed by atoms with Crippen molar-refractivity contribution >= 4 is 31.6 Å². The molecule has 0 radical (unpaired) electrons. The van der Waals surface area contributed by atoms with E-state index >= 15 is 0 Å². The third-order valence-corrected chi connectivity index (χ3v) is 4.79. The number of sulfonamides is 1. The van der Waals surface area contributed by atoms with Gasteiger partial charge in [0.15, 0.2) is 0 Å².